The number of carbonyl (C=O) groups is 2. The highest BCUT2D eigenvalue weighted by Gasteiger charge is 2.33. The molecular weight excluding hydrogens is 327 g/mol. The first-order chi connectivity index (χ1) is 11.3. The van der Waals surface area contributed by atoms with Crippen molar-refractivity contribution in [3.05, 3.63) is 29.8 Å². The standard InChI is InChI=1S/C16H18F3NO4/c17-16(18,19)24-13-7-2-1-5-11(13)8-9-14(21)20-10-4-3-6-12(20)15(22)23/h1-2,5,7,12H,3-4,6,8-10H2,(H,22,23)/t12-/m1/s1. The lowest BCUT2D eigenvalue weighted by molar-refractivity contribution is -0.274. The van der Waals surface area contributed by atoms with Gasteiger partial charge in [-0.15, -0.1) is 13.2 Å². The Kier molecular flexibility index (Phi) is 5.69. The van der Waals surface area contributed by atoms with E-state index < -0.39 is 18.4 Å². The summed E-state index contributed by atoms with van der Waals surface area (Å²) < 4.78 is 41.1. The summed E-state index contributed by atoms with van der Waals surface area (Å²) in [6, 6.07) is 4.77. The molecule has 0 unspecified atom stereocenters. The van der Waals surface area contributed by atoms with Crippen LogP contribution in [0.15, 0.2) is 24.3 Å². The van der Waals surface area contributed by atoms with Crippen molar-refractivity contribution in [1.82, 2.24) is 4.90 Å². The number of para-hydroxylation sites is 1. The van der Waals surface area contributed by atoms with E-state index in [0.29, 0.717) is 13.0 Å². The molecule has 1 amide bonds. The summed E-state index contributed by atoms with van der Waals surface area (Å²) in [5.74, 6) is -1.76. The van der Waals surface area contributed by atoms with Gasteiger partial charge in [-0.05, 0) is 37.3 Å². The minimum Gasteiger partial charge on any atom is -0.480 e. The number of nitrogens with zero attached hydrogens (tertiary/aromatic N) is 1. The van der Waals surface area contributed by atoms with E-state index in [1.807, 2.05) is 0 Å². The topological polar surface area (TPSA) is 66.8 Å². The molecule has 1 aromatic rings. The number of ether oxygens (including phenoxy) is 1. The van der Waals surface area contributed by atoms with Crippen molar-refractivity contribution in [2.24, 2.45) is 0 Å². The number of halogens is 3. The Morgan fingerprint density at radius 3 is 2.62 bits per heavy atom. The molecule has 1 fully saturated rings. The lowest BCUT2D eigenvalue weighted by Crippen LogP contribution is -2.48. The monoisotopic (exact) mass is 345 g/mol. The van der Waals surface area contributed by atoms with Crippen molar-refractivity contribution in [3.8, 4) is 5.75 Å². The second-order valence-corrected chi connectivity index (χ2v) is 5.59. The molecule has 0 bridgehead atoms. The molecule has 1 aliphatic heterocycles. The van der Waals surface area contributed by atoms with Crippen LogP contribution in [0.5, 0.6) is 5.75 Å². The van der Waals surface area contributed by atoms with Gasteiger partial charge in [-0.25, -0.2) is 4.79 Å². The maximum Gasteiger partial charge on any atom is 0.573 e. The van der Waals surface area contributed by atoms with Crippen LogP contribution in [0.4, 0.5) is 13.2 Å². The van der Waals surface area contributed by atoms with Crippen LogP contribution in [-0.4, -0.2) is 40.8 Å². The van der Waals surface area contributed by atoms with Crippen molar-refractivity contribution in [1.29, 1.82) is 0 Å². The normalized spacial score (nSPS) is 18.3. The van der Waals surface area contributed by atoms with Gasteiger partial charge in [0, 0.05) is 13.0 Å². The summed E-state index contributed by atoms with van der Waals surface area (Å²) in [4.78, 5) is 24.8. The highest BCUT2D eigenvalue weighted by molar-refractivity contribution is 5.84. The second-order valence-electron chi connectivity index (χ2n) is 5.59. The van der Waals surface area contributed by atoms with Crippen molar-refractivity contribution >= 4 is 11.9 Å². The molecule has 1 N–H and O–H groups in total. The number of carbonyl (C=O) groups excluding carboxylic acids is 1. The average Bonchev–Trinajstić information content (AvgIpc) is 2.52. The third kappa shape index (κ3) is 4.87. The third-order valence-corrected chi connectivity index (χ3v) is 3.91. The van der Waals surface area contributed by atoms with Gasteiger partial charge in [0.2, 0.25) is 5.91 Å². The van der Waals surface area contributed by atoms with Crippen LogP contribution in [0.3, 0.4) is 0 Å². The Balaban J connectivity index is 2.02. The highest BCUT2D eigenvalue weighted by Crippen LogP contribution is 2.27. The number of alkyl halides is 3. The maximum absolute atomic E-state index is 12.4. The molecule has 1 atom stereocenters. The fourth-order valence-electron chi connectivity index (χ4n) is 2.81. The number of benzene rings is 1. The van der Waals surface area contributed by atoms with Crippen LogP contribution in [0, 0.1) is 0 Å². The molecule has 0 saturated carbocycles. The molecule has 8 heteroatoms. The van der Waals surface area contributed by atoms with Gasteiger partial charge in [-0.1, -0.05) is 18.2 Å². The number of hydrogen-bond acceptors (Lipinski definition) is 3. The Morgan fingerprint density at radius 1 is 1.25 bits per heavy atom. The van der Waals surface area contributed by atoms with Gasteiger partial charge in [0.1, 0.15) is 11.8 Å². The van der Waals surface area contributed by atoms with E-state index in [4.69, 9.17) is 0 Å². The predicted octanol–water partition coefficient (Wildman–Crippen LogP) is 2.98. The second kappa shape index (κ2) is 7.55. The quantitative estimate of drug-likeness (QED) is 0.891. The minimum absolute atomic E-state index is 0.0495. The lowest BCUT2D eigenvalue weighted by atomic mass is 10.0. The van der Waals surface area contributed by atoms with Crippen LogP contribution >= 0.6 is 0 Å². The van der Waals surface area contributed by atoms with Crippen LogP contribution < -0.4 is 4.74 Å². The number of aryl methyl sites for hydroxylation is 1. The van der Waals surface area contributed by atoms with Crippen molar-refractivity contribution in [2.45, 2.75) is 44.5 Å². The Hall–Kier alpha value is -2.25. The van der Waals surface area contributed by atoms with Gasteiger partial charge < -0.3 is 14.7 Å². The summed E-state index contributed by atoms with van der Waals surface area (Å²) in [5.41, 5.74) is 0.257. The first kappa shape index (κ1) is 18.1. The Morgan fingerprint density at radius 2 is 1.96 bits per heavy atom. The largest absolute Gasteiger partial charge is 0.573 e. The summed E-state index contributed by atoms with van der Waals surface area (Å²) in [6.45, 7) is 0.358. The van der Waals surface area contributed by atoms with E-state index in [-0.39, 0.29) is 30.1 Å². The number of carboxylic acids is 1. The lowest BCUT2D eigenvalue weighted by Gasteiger charge is -2.33. The molecule has 2 rings (SSSR count). The van der Waals surface area contributed by atoms with Gasteiger partial charge in [0.15, 0.2) is 0 Å². The molecule has 5 nitrogen and oxygen atoms in total. The number of aliphatic carboxylic acids is 1. The molecular formula is C16H18F3NO4. The first-order valence-corrected chi connectivity index (χ1v) is 7.64. The predicted molar refractivity (Wildman–Crippen MR) is 78.4 cm³/mol. The summed E-state index contributed by atoms with van der Waals surface area (Å²) >= 11 is 0. The van der Waals surface area contributed by atoms with E-state index in [1.165, 1.54) is 23.1 Å². The zero-order valence-electron chi connectivity index (χ0n) is 12.9. The Labute approximate surface area is 137 Å². The molecule has 1 aromatic carbocycles. The zero-order valence-corrected chi connectivity index (χ0v) is 12.9. The van der Waals surface area contributed by atoms with Crippen molar-refractivity contribution < 1.29 is 32.6 Å². The number of hydrogen-bond donors (Lipinski definition) is 1. The first-order valence-electron chi connectivity index (χ1n) is 7.64. The molecule has 0 spiro atoms. The Bertz CT molecular complexity index is 603. The summed E-state index contributed by atoms with van der Waals surface area (Å²) in [5, 5.41) is 9.18. The SMILES string of the molecule is O=C(O)[C@H]1CCCCN1C(=O)CCc1ccccc1OC(F)(F)F. The molecule has 0 aliphatic carbocycles. The zero-order chi connectivity index (χ0) is 17.7. The van der Waals surface area contributed by atoms with Gasteiger partial charge in [0.25, 0.3) is 0 Å². The molecule has 1 heterocycles. The summed E-state index contributed by atoms with van der Waals surface area (Å²) in [6.07, 6.45) is -2.96. The van der Waals surface area contributed by atoms with Crippen LogP contribution in [-0.2, 0) is 16.0 Å². The van der Waals surface area contributed by atoms with Crippen LogP contribution in [0.2, 0.25) is 0 Å². The van der Waals surface area contributed by atoms with Gasteiger partial charge in [-0.2, -0.15) is 0 Å². The van der Waals surface area contributed by atoms with E-state index in [1.54, 1.807) is 6.07 Å². The van der Waals surface area contributed by atoms with Crippen LogP contribution in [0.25, 0.3) is 0 Å². The molecule has 24 heavy (non-hydrogen) atoms. The van der Waals surface area contributed by atoms with Gasteiger partial charge in [0.05, 0.1) is 0 Å². The van der Waals surface area contributed by atoms with Gasteiger partial charge >= 0.3 is 12.3 Å². The van der Waals surface area contributed by atoms with E-state index in [2.05, 4.69) is 4.74 Å². The highest BCUT2D eigenvalue weighted by atomic mass is 19.4. The number of rotatable bonds is 5. The maximum atomic E-state index is 12.4. The molecule has 0 aromatic heterocycles. The van der Waals surface area contributed by atoms with Crippen molar-refractivity contribution in [2.75, 3.05) is 6.54 Å². The van der Waals surface area contributed by atoms with E-state index >= 15 is 0 Å². The van der Waals surface area contributed by atoms with E-state index in [9.17, 15) is 27.9 Å². The molecule has 0 radical (unpaired) electrons. The van der Waals surface area contributed by atoms with Gasteiger partial charge in [-0.3, -0.25) is 4.79 Å². The smallest absolute Gasteiger partial charge is 0.480 e. The number of likely N-dealkylation sites (tertiary alicyclic amines) is 1. The summed E-state index contributed by atoms with van der Waals surface area (Å²) in [7, 11) is 0. The number of piperidine rings is 1. The minimum atomic E-state index is -4.80. The number of carboxylic acid groups (broad SMARTS) is 1. The fraction of sp³-hybridized carbons (Fsp3) is 0.500. The molecule has 132 valence electrons. The van der Waals surface area contributed by atoms with Crippen LogP contribution in [0.1, 0.15) is 31.2 Å². The molecule has 1 aliphatic rings. The van der Waals surface area contributed by atoms with E-state index in [0.717, 1.165) is 12.8 Å². The van der Waals surface area contributed by atoms with Crippen molar-refractivity contribution in [3.63, 3.8) is 0 Å². The third-order valence-electron chi connectivity index (χ3n) is 3.91. The fourth-order valence-corrected chi connectivity index (χ4v) is 2.81. The molecule has 1 saturated heterocycles. The average molecular weight is 345 g/mol. The number of amides is 1.